The predicted octanol–water partition coefficient (Wildman–Crippen LogP) is 0.883. The van der Waals surface area contributed by atoms with E-state index in [1.54, 1.807) is 0 Å². The Bertz CT molecular complexity index is 752. The third-order valence-corrected chi connectivity index (χ3v) is 4.26. The summed E-state index contributed by atoms with van der Waals surface area (Å²) in [6.45, 7) is 0.563. The Morgan fingerprint density at radius 1 is 1.19 bits per heavy atom. The smallest absolute Gasteiger partial charge is 0.377 e. The highest BCUT2D eigenvalue weighted by molar-refractivity contribution is 7.88. The van der Waals surface area contributed by atoms with Gasteiger partial charge in [0.15, 0.2) is 0 Å². The molecule has 1 unspecified atom stereocenters. The number of hydrogen-bond acceptors (Lipinski definition) is 5. The summed E-state index contributed by atoms with van der Waals surface area (Å²) in [6, 6.07) is 6.80. The monoisotopic (exact) mass is 423 g/mol. The first kappa shape index (κ1) is 23.1. The molecule has 1 atom stereocenters. The van der Waals surface area contributed by atoms with Crippen molar-refractivity contribution < 1.29 is 44.7 Å². The molecular formula is C13H15F6N3O4S. The van der Waals surface area contributed by atoms with Crippen molar-refractivity contribution in [3.05, 3.63) is 35.4 Å². The molecule has 2 rings (SSSR count). The van der Waals surface area contributed by atoms with Gasteiger partial charge in [0, 0.05) is 13.6 Å². The number of nitrogens with one attached hydrogen (secondary N) is 3. The summed E-state index contributed by atoms with van der Waals surface area (Å²) in [5.74, 6) is -0.579. The molecule has 0 aliphatic carbocycles. The van der Waals surface area contributed by atoms with Crippen LogP contribution in [0.15, 0.2) is 24.3 Å². The Morgan fingerprint density at radius 3 is 2.15 bits per heavy atom. The third kappa shape index (κ3) is 6.64. The quantitative estimate of drug-likeness (QED) is 0.540. The Labute approximate surface area is 149 Å². The van der Waals surface area contributed by atoms with Crippen molar-refractivity contribution in [2.45, 2.75) is 31.0 Å². The van der Waals surface area contributed by atoms with E-state index < -0.39 is 40.6 Å². The molecule has 4 N–H and O–H groups in total. The zero-order valence-electron chi connectivity index (χ0n) is 13.5. The van der Waals surface area contributed by atoms with Gasteiger partial charge >= 0.3 is 22.6 Å². The molecule has 0 bridgehead atoms. The number of alkyl halides is 6. The summed E-state index contributed by atoms with van der Waals surface area (Å²) in [4.78, 5) is 11.8. The Morgan fingerprint density at radius 2 is 1.70 bits per heavy atom. The van der Waals surface area contributed by atoms with Crippen LogP contribution in [-0.2, 0) is 21.5 Å². The summed E-state index contributed by atoms with van der Waals surface area (Å²) in [7, 11) is -2.51. The predicted molar refractivity (Wildman–Crippen MR) is 80.3 cm³/mol. The minimum atomic E-state index is -5.63. The first-order valence-corrected chi connectivity index (χ1v) is 8.55. The molecule has 154 valence electrons. The summed E-state index contributed by atoms with van der Waals surface area (Å²) in [6.07, 6.45) is -15.5. The van der Waals surface area contributed by atoms with Crippen molar-refractivity contribution >= 4 is 16.1 Å². The number of carbonyl (C=O) groups is 1. The summed E-state index contributed by atoms with van der Waals surface area (Å²) < 4.78 is 92.2. The largest absolute Gasteiger partial charge is 0.423 e. The van der Waals surface area contributed by atoms with E-state index in [1.807, 2.05) is 33.7 Å². The van der Waals surface area contributed by atoms with Crippen molar-refractivity contribution in [3.63, 3.8) is 0 Å². The average molecular weight is 423 g/mol. The zero-order chi connectivity index (χ0) is 21.0. The minimum Gasteiger partial charge on any atom is -0.377 e. The van der Waals surface area contributed by atoms with Crippen LogP contribution in [0.2, 0.25) is 0 Å². The van der Waals surface area contributed by atoms with Gasteiger partial charge in [-0.05, 0) is 11.1 Å². The summed E-state index contributed by atoms with van der Waals surface area (Å²) >= 11 is 0. The number of rotatable bonds is 3. The molecule has 1 amide bonds. The van der Waals surface area contributed by atoms with E-state index in [0.717, 1.165) is 11.1 Å². The zero-order valence-corrected chi connectivity index (χ0v) is 14.3. The van der Waals surface area contributed by atoms with Gasteiger partial charge in [-0.15, -0.1) is 0 Å². The van der Waals surface area contributed by atoms with Crippen molar-refractivity contribution in [1.82, 2.24) is 14.8 Å². The van der Waals surface area contributed by atoms with Crippen molar-refractivity contribution in [1.29, 1.82) is 0 Å². The van der Waals surface area contributed by atoms with Gasteiger partial charge < -0.3 is 5.11 Å². The number of halogens is 6. The van der Waals surface area contributed by atoms with E-state index in [4.69, 9.17) is 5.11 Å². The second-order valence-electron chi connectivity index (χ2n) is 5.17. The van der Waals surface area contributed by atoms with E-state index in [0.29, 0.717) is 6.54 Å². The maximum absolute atomic E-state index is 11.8. The van der Waals surface area contributed by atoms with Crippen LogP contribution in [0.4, 0.5) is 26.3 Å². The molecule has 1 aromatic carbocycles. The van der Waals surface area contributed by atoms with Crippen LogP contribution in [0.25, 0.3) is 0 Å². The van der Waals surface area contributed by atoms with Crippen LogP contribution in [0.1, 0.15) is 17.2 Å². The Balaban J connectivity index is 0.000000314. The van der Waals surface area contributed by atoms with E-state index in [-0.39, 0.29) is 0 Å². The lowest BCUT2D eigenvalue weighted by Crippen LogP contribution is -2.42. The van der Waals surface area contributed by atoms with E-state index in [2.05, 4.69) is 5.32 Å². The average Bonchev–Trinajstić information content (AvgIpc) is 2.97. The van der Waals surface area contributed by atoms with E-state index in [1.165, 1.54) is 7.05 Å². The van der Waals surface area contributed by atoms with Crippen LogP contribution >= 0.6 is 0 Å². The number of benzene rings is 1. The highest BCUT2D eigenvalue weighted by Gasteiger charge is 2.55. The van der Waals surface area contributed by atoms with Gasteiger partial charge in [0.05, 0.1) is 0 Å². The molecule has 7 nitrogen and oxygen atoms in total. The molecule has 0 fully saturated rings. The first-order chi connectivity index (χ1) is 12.2. The lowest BCUT2D eigenvalue weighted by molar-refractivity contribution is -0.308. The van der Waals surface area contributed by atoms with Gasteiger partial charge in [0.1, 0.15) is 6.04 Å². The molecule has 0 aromatic heterocycles. The fraction of sp³-hybridized carbons (Fsp3) is 0.462. The number of aliphatic hydroxyl groups excluding tert-OH is 1. The number of carbonyl (C=O) groups excluding carboxylic acids is 1. The summed E-state index contributed by atoms with van der Waals surface area (Å²) in [5.41, 5.74) is 1.82. The Kier molecular flexibility index (Phi) is 7.21. The van der Waals surface area contributed by atoms with Crippen LogP contribution in [-0.4, -0.2) is 44.9 Å². The molecule has 27 heavy (non-hydrogen) atoms. The van der Waals surface area contributed by atoms with Gasteiger partial charge in [0.2, 0.25) is 6.10 Å². The van der Waals surface area contributed by atoms with Gasteiger partial charge in [-0.3, -0.25) is 10.1 Å². The second kappa shape index (κ2) is 8.41. The van der Waals surface area contributed by atoms with Crippen molar-refractivity contribution in [2.75, 3.05) is 7.05 Å². The fourth-order valence-electron chi connectivity index (χ4n) is 1.96. The van der Waals surface area contributed by atoms with Crippen LogP contribution in [0.5, 0.6) is 0 Å². The molecule has 0 radical (unpaired) electrons. The molecule has 0 spiro atoms. The molecule has 1 aliphatic heterocycles. The Hall–Kier alpha value is -1.90. The molecule has 1 heterocycles. The number of hydrogen-bond donors (Lipinski definition) is 4. The summed E-state index contributed by atoms with van der Waals surface area (Å²) in [5, 5.41) is 10.4. The van der Waals surface area contributed by atoms with Crippen LogP contribution in [0, 0.1) is 0 Å². The molecular weight excluding hydrogens is 408 g/mol. The maximum atomic E-state index is 11.8. The normalized spacial score (nSPS) is 17.1. The van der Waals surface area contributed by atoms with Gasteiger partial charge in [-0.2, -0.15) is 34.8 Å². The van der Waals surface area contributed by atoms with Gasteiger partial charge in [0.25, 0.3) is 5.91 Å². The molecule has 0 saturated heterocycles. The fourth-order valence-corrected chi connectivity index (χ4v) is 2.45. The minimum absolute atomic E-state index is 0.563. The molecule has 1 aliphatic rings. The lowest BCUT2D eigenvalue weighted by atomic mass is 10.1. The maximum Gasteiger partial charge on any atom is 0.423 e. The second-order valence-corrected chi connectivity index (χ2v) is 6.79. The molecule has 1 aromatic rings. The first-order valence-electron chi connectivity index (χ1n) is 7.07. The number of fused-ring (bicyclic) bond motifs is 1. The SMILES string of the molecule is CNS(=O)(=O)NC(=O)C1NCc2ccccc21.OC(C(F)(F)F)C(F)(F)F. The van der Waals surface area contributed by atoms with Crippen LogP contribution in [0.3, 0.4) is 0 Å². The lowest BCUT2D eigenvalue weighted by Gasteiger charge is -2.16. The van der Waals surface area contributed by atoms with Gasteiger partial charge in [-0.25, -0.2) is 9.44 Å². The number of amides is 1. The van der Waals surface area contributed by atoms with Crippen molar-refractivity contribution in [2.24, 2.45) is 0 Å². The standard InChI is InChI=1S/C10H13N3O3S.C3H2F6O/c1-11-17(15,16)13-10(14)9-8-5-3-2-4-7(8)6-12-9;4-2(5,6)1(10)3(7,8)9/h2-5,9,11-12H,6H2,1H3,(H,13,14);1,10H. The molecule has 0 saturated carbocycles. The highest BCUT2D eigenvalue weighted by Crippen LogP contribution is 2.32. The van der Waals surface area contributed by atoms with Gasteiger partial charge in [-0.1, -0.05) is 24.3 Å². The van der Waals surface area contributed by atoms with E-state index in [9.17, 15) is 39.6 Å². The van der Waals surface area contributed by atoms with Crippen LogP contribution < -0.4 is 14.8 Å². The topological polar surface area (TPSA) is 108 Å². The molecule has 14 heteroatoms. The van der Waals surface area contributed by atoms with Crippen molar-refractivity contribution in [3.8, 4) is 0 Å². The van der Waals surface area contributed by atoms with E-state index >= 15 is 0 Å². The third-order valence-electron chi connectivity index (χ3n) is 3.25. The number of aliphatic hydroxyl groups is 1. The highest BCUT2D eigenvalue weighted by atomic mass is 32.2.